The Kier molecular flexibility index (Phi) is 7.76. The second-order valence-electron chi connectivity index (χ2n) is 10.2. The molecule has 0 atom stereocenters. The summed E-state index contributed by atoms with van der Waals surface area (Å²) in [6.07, 6.45) is 4.27. The third kappa shape index (κ3) is 6.30. The largest absolute Gasteiger partial charge is 0.459 e. The van der Waals surface area contributed by atoms with Crippen molar-refractivity contribution in [2.75, 3.05) is 26.2 Å². The number of nitrogens with two attached hydrogens (primary N) is 2. The minimum atomic E-state index is -0.529. The molecule has 0 aliphatic carbocycles. The van der Waals surface area contributed by atoms with E-state index in [1.54, 1.807) is 6.07 Å². The van der Waals surface area contributed by atoms with E-state index in [0.29, 0.717) is 23.0 Å². The minimum Gasteiger partial charge on any atom is -0.459 e. The van der Waals surface area contributed by atoms with Gasteiger partial charge in [-0.15, -0.1) is 0 Å². The zero-order valence-electron chi connectivity index (χ0n) is 19.6. The maximum atomic E-state index is 13.1. The van der Waals surface area contributed by atoms with Crippen LogP contribution in [0.5, 0.6) is 0 Å². The number of rotatable bonds is 7. The van der Waals surface area contributed by atoms with Gasteiger partial charge < -0.3 is 20.1 Å². The number of quaternary nitrogens is 2. The van der Waals surface area contributed by atoms with Crippen LogP contribution in [-0.4, -0.2) is 49.3 Å². The number of esters is 2. The molecule has 2 fully saturated rings. The number of piperidine rings is 2. The fraction of sp³-hybridized carbons (Fsp3) is 0.680. The van der Waals surface area contributed by atoms with Crippen LogP contribution in [0.2, 0.25) is 0 Å². The number of hydrogen-bond donors (Lipinski definition) is 2. The first-order valence-corrected chi connectivity index (χ1v) is 11.9. The Balaban J connectivity index is 1.65. The van der Waals surface area contributed by atoms with Crippen molar-refractivity contribution in [2.45, 2.75) is 71.0 Å². The molecule has 1 aromatic carbocycles. The van der Waals surface area contributed by atoms with Crippen molar-refractivity contribution in [1.82, 2.24) is 0 Å². The Morgan fingerprint density at radius 2 is 1.32 bits per heavy atom. The molecule has 2 heterocycles. The standard InChI is InChI=1S/C25H38N2O4/c1-24(2,19-9-13-26-14-10-19)30-22(28)17-18-7-5-6-8-21(18)23(29)31-25(3,4)20-11-15-27-16-12-20/h5-8,19-20,26-27H,9-17H2,1-4H3/p+2. The molecular formula is C25H40N2O4+2. The molecule has 0 bridgehead atoms. The Morgan fingerprint density at radius 3 is 1.87 bits per heavy atom. The van der Waals surface area contributed by atoms with Gasteiger partial charge in [0.1, 0.15) is 11.2 Å². The normalized spacial score (nSPS) is 19.1. The van der Waals surface area contributed by atoms with Crippen molar-refractivity contribution in [3.8, 4) is 0 Å². The van der Waals surface area contributed by atoms with E-state index in [-0.39, 0.29) is 18.4 Å². The first kappa shape index (κ1) is 23.7. The molecule has 4 N–H and O–H groups in total. The topological polar surface area (TPSA) is 85.8 Å². The van der Waals surface area contributed by atoms with Crippen LogP contribution in [0.15, 0.2) is 24.3 Å². The highest BCUT2D eigenvalue weighted by Gasteiger charge is 2.37. The number of carbonyl (C=O) groups is 2. The van der Waals surface area contributed by atoms with Gasteiger partial charge in [-0.3, -0.25) is 4.79 Å². The molecular weight excluding hydrogens is 392 g/mol. The van der Waals surface area contributed by atoms with Gasteiger partial charge in [-0.1, -0.05) is 18.2 Å². The maximum absolute atomic E-state index is 13.1. The Labute approximate surface area is 186 Å². The van der Waals surface area contributed by atoms with Crippen molar-refractivity contribution >= 4 is 11.9 Å². The Bertz CT molecular complexity index is 763. The molecule has 6 heteroatoms. The zero-order valence-corrected chi connectivity index (χ0v) is 19.6. The van der Waals surface area contributed by atoms with Gasteiger partial charge in [0.15, 0.2) is 0 Å². The van der Waals surface area contributed by atoms with Crippen LogP contribution in [0.1, 0.15) is 69.3 Å². The summed E-state index contributed by atoms with van der Waals surface area (Å²) < 4.78 is 11.9. The molecule has 3 rings (SSSR count). The Hall–Kier alpha value is -1.92. The lowest BCUT2D eigenvalue weighted by atomic mass is 9.83. The summed E-state index contributed by atoms with van der Waals surface area (Å²) in [5.41, 5.74) is 0.0951. The predicted octanol–water partition coefficient (Wildman–Crippen LogP) is 1.43. The molecule has 2 saturated heterocycles. The quantitative estimate of drug-likeness (QED) is 0.639. The molecule has 31 heavy (non-hydrogen) atoms. The molecule has 0 aromatic heterocycles. The number of carbonyl (C=O) groups excluding carboxylic acids is 2. The molecule has 0 spiro atoms. The molecule has 0 saturated carbocycles. The highest BCUT2D eigenvalue weighted by Crippen LogP contribution is 2.30. The lowest BCUT2D eigenvalue weighted by Gasteiger charge is -2.36. The second kappa shape index (κ2) is 10.1. The van der Waals surface area contributed by atoms with Gasteiger partial charge in [0.25, 0.3) is 0 Å². The van der Waals surface area contributed by atoms with E-state index in [0.717, 1.165) is 51.9 Å². The first-order chi connectivity index (χ1) is 14.7. The zero-order chi connectivity index (χ0) is 22.5. The van der Waals surface area contributed by atoms with Crippen LogP contribution in [0, 0.1) is 11.8 Å². The number of hydrogen-bond acceptors (Lipinski definition) is 4. The summed E-state index contributed by atoms with van der Waals surface area (Å²) >= 11 is 0. The third-order valence-corrected chi connectivity index (χ3v) is 7.15. The second-order valence-corrected chi connectivity index (χ2v) is 10.2. The van der Waals surface area contributed by atoms with Crippen LogP contribution in [-0.2, 0) is 20.7 Å². The highest BCUT2D eigenvalue weighted by molar-refractivity contribution is 5.92. The molecule has 2 aliphatic heterocycles. The summed E-state index contributed by atoms with van der Waals surface area (Å²) in [4.78, 5) is 25.8. The lowest BCUT2D eigenvalue weighted by molar-refractivity contribution is -0.666. The molecule has 172 valence electrons. The van der Waals surface area contributed by atoms with E-state index in [1.807, 2.05) is 45.9 Å². The molecule has 0 unspecified atom stereocenters. The minimum absolute atomic E-state index is 0.0758. The van der Waals surface area contributed by atoms with Crippen molar-refractivity contribution in [3.05, 3.63) is 35.4 Å². The van der Waals surface area contributed by atoms with Crippen molar-refractivity contribution in [1.29, 1.82) is 0 Å². The lowest BCUT2D eigenvalue weighted by Crippen LogP contribution is -2.86. The van der Waals surface area contributed by atoms with Gasteiger partial charge in [0.2, 0.25) is 0 Å². The predicted molar refractivity (Wildman–Crippen MR) is 119 cm³/mol. The SMILES string of the molecule is CC(C)(OC(=O)Cc1ccccc1C(=O)OC(C)(C)C1CC[NH2+]CC1)C1CC[NH2+]CC1. The monoisotopic (exact) mass is 432 g/mol. The van der Waals surface area contributed by atoms with Gasteiger partial charge in [-0.2, -0.15) is 0 Å². The summed E-state index contributed by atoms with van der Waals surface area (Å²) in [6.45, 7) is 12.3. The third-order valence-electron chi connectivity index (χ3n) is 7.15. The molecule has 2 aliphatic rings. The van der Waals surface area contributed by atoms with Crippen LogP contribution >= 0.6 is 0 Å². The van der Waals surface area contributed by atoms with Gasteiger partial charge in [0, 0.05) is 37.5 Å². The summed E-state index contributed by atoms with van der Waals surface area (Å²) in [5.74, 6) is 0.0780. The van der Waals surface area contributed by atoms with Crippen LogP contribution < -0.4 is 10.6 Å². The highest BCUT2D eigenvalue weighted by atomic mass is 16.6. The Morgan fingerprint density at radius 1 is 0.839 bits per heavy atom. The van der Waals surface area contributed by atoms with Crippen molar-refractivity contribution in [2.24, 2.45) is 11.8 Å². The summed E-state index contributed by atoms with van der Waals surface area (Å²) in [6, 6.07) is 7.24. The van der Waals surface area contributed by atoms with Gasteiger partial charge >= 0.3 is 11.9 Å². The molecule has 0 radical (unpaired) electrons. The van der Waals surface area contributed by atoms with Crippen molar-refractivity contribution < 1.29 is 29.7 Å². The average molecular weight is 433 g/mol. The first-order valence-electron chi connectivity index (χ1n) is 11.9. The number of benzene rings is 1. The maximum Gasteiger partial charge on any atom is 0.338 e. The number of ether oxygens (including phenoxy) is 2. The van der Waals surface area contributed by atoms with Crippen LogP contribution in [0.25, 0.3) is 0 Å². The van der Waals surface area contributed by atoms with Gasteiger partial charge in [-0.25, -0.2) is 4.79 Å². The van der Waals surface area contributed by atoms with Gasteiger partial charge in [0.05, 0.1) is 38.2 Å². The van der Waals surface area contributed by atoms with Crippen molar-refractivity contribution in [3.63, 3.8) is 0 Å². The summed E-state index contributed by atoms with van der Waals surface area (Å²) in [7, 11) is 0. The van der Waals surface area contributed by atoms with Crippen LogP contribution in [0.3, 0.4) is 0 Å². The molecule has 1 aromatic rings. The fourth-order valence-corrected chi connectivity index (χ4v) is 5.06. The van der Waals surface area contributed by atoms with E-state index in [9.17, 15) is 9.59 Å². The smallest absolute Gasteiger partial charge is 0.338 e. The van der Waals surface area contributed by atoms with E-state index in [1.165, 1.54) is 0 Å². The van der Waals surface area contributed by atoms with E-state index in [4.69, 9.17) is 9.47 Å². The van der Waals surface area contributed by atoms with Gasteiger partial charge in [-0.05, 0) is 39.3 Å². The van der Waals surface area contributed by atoms with E-state index >= 15 is 0 Å². The summed E-state index contributed by atoms with van der Waals surface area (Å²) in [5, 5.41) is 4.62. The van der Waals surface area contributed by atoms with Crippen LogP contribution in [0.4, 0.5) is 0 Å². The molecule has 6 nitrogen and oxygen atoms in total. The molecule has 0 amide bonds. The average Bonchev–Trinajstić information content (AvgIpc) is 2.74. The van der Waals surface area contributed by atoms with E-state index < -0.39 is 11.2 Å². The fourth-order valence-electron chi connectivity index (χ4n) is 5.06. The van der Waals surface area contributed by atoms with E-state index in [2.05, 4.69) is 10.6 Å².